The van der Waals surface area contributed by atoms with Gasteiger partial charge < -0.3 is 14.8 Å². The van der Waals surface area contributed by atoms with Crippen LogP contribution in [0.5, 0.6) is 0 Å². The van der Waals surface area contributed by atoms with Crippen LogP contribution in [0.4, 0.5) is 14.5 Å². The zero-order valence-electron chi connectivity index (χ0n) is 12.8. The third-order valence-corrected chi connectivity index (χ3v) is 3.88. The molecule has 24 heavy (non-hydrogen) atoms. The van der Waals surface area contributed by atoms with Crippen molar-refractivity contribution in [1.29, 1.82) is 0 Å². The maximum atomic E-state index is 13.3. The fraction of sp³-hybridized carbons (Fsp3) is 0.312. The monoisotopic (exact) mass is 334 g/mol. The van der Waals surface area contributed by atoms with Gasteiger partial charge in [-0.25, -0.2) is 13.8 Å². The molecule has 1 unspecified atom stereocenters. The quantitative estimate of drug-likeness (QED) is 0.897. The number of imidazole rings is 1. The molecule has 8 heteroatoms. The number of hydrogen-bond acceptors (Lipinski definition) is 3. The summed E-state index contributed by atoms with van der Waals surface area (Å²) in [5, 5.41) is 2.76. The van der Waals surface area contributed by atoms with Crippen LogP contribution in [0.2, 0.25) is 0 Å². The minimum absolute atomic E-state index is 0.0229. The van der Waals surface area contributed by atoms with Gasteiger partial charge in [0.1, 0.15) is 11.6 Å². The lowest BCUT2D eigenvalue weighted by atomic mass is 10.1. The summed E-state index contributed by atoms with van der Waals surface area (Å²) in [5.74, 6) is -2.62. The maximum Gasteiger partial charge on any atom is 0.227 e. The molecule has 2 heterocycles. The van der Waals surface area contributed by atoms with Crippen molar-refractivity contribution in [3.8, 4) is 0 Å². The maximum absolute atomic E-state index is 13.3. The van der Waals surface area contributed by atoms with E-state index in [4.69, 9.17) is 0 Å². The van der Waals surface area contributed by atoms with Gasteiger partial charge in [-0.15, -0.1) is 0 Å². The van der Waals surface area contributed by atoms with E-state index in [1.165, 1.54) is 4.90 Å². The summed E-state index contributed by atoms with van der Waals surface area (Å²) in [6.45, 7) is 1.10. The fourth-order valence-electron chi connectivity index (χ4n) is 2.70. The Morgan fingerprint density at radius 1 is 1.29 bits per heavy atom. The highest BCUT2D eigenvalue weighted by molar-refractivity contribution is 6.00. The molecule has 6 nitrogen and oxygen atoms in total. The fourth-order valence-corrected chi connectivity index (χ4v) is 2.70. The number of hydrogen-bond donors (Lipinski definition) is 1. The van der Waals surface area contributed by atoms with E-state index in [1.54, 1.807) is 18.7 Å². The van der Waals surface area contributed by atoms with Crippen molar-refractivity contribution in [3.63, 3.8) is 0 Å². The highest BCUT2D eigenvalue weighted by Crippen LogP contribution is 2.26. The van der Waals surface area contributed by atoms with E-state index in [1.807, 2.05) is 4.57 Å². The average Bonchev–Trinajstić information content (AvgIpc) is 3.15. The van der Waals surface area contributed by atoms with E-state index in [2.05, 4.69) is 10.3 Å². The van der Waals surface area contributed by atoms with Gasteiger partial charge in [0.15, 0.2) is 0 Å². The van der Waals surface area contributed by atoms with Crippen LogP contribution >= 0.6 is 0 Å². The third-order valence-electron chi connectivity index (χ3n) is 3.88. The lowest BCUT2D eigenvalue weighted by molar-refractivity contribution is -0.126. The smallest absolute Gasteiger partial charge is 0.227 e. The first kappa shape index (κ1) is 16.1. The normalized spacial score (nSPS) is 17.3. The molecule has 1 aliphatic heterocycles. The van der Waals surface area contributed by atoms with Gasteiger partial charge in [0.25, 0.3) is 0 Å². The van der Waals surface area contributed by atoms with Gasteiger partial charge in [-0.05, 0) is 12.1 Å². The number of aromatic nitrogens is 2. The molecule has 0 bridgehead atoms. The Labute approximate surface area is 137 Å². The van der Waals surface area contributed by atoms with E-state index in [0.29, 0.717) is 13.1 Å². The summed E-state index contributed by atoms with van der Waals surface area (Å²) < 4.78 is 28.4. The van der Waals surface area contributed by atoms with Crippen LogP contribution in [-0.4, -0.2) is 34.5 Å². The zero-order valence-corrected chi connectivity index (χ0v) is 12.8. The van der Waals surface area contributed by atoms with Gasteiger partial charge in [-0.3, -0.25) is 9.59 Å². The molecule has 1 atom stereocenters. The Bertz CT molecular complexity index is 728. The zero-order chi connectivity index (χ0) is 17.1. The first-order valence-electron chi connectivity index (χ1n) is 7.53. The number of nitrogens with zero attached hydrogens (tertiary/aromatic N) is 3. The molecule has 2 aromatic rings. The van der Waals surface area contributed by atoms with Gasteiger partial charge in [0.05, 0.1) is 12.2 Å². The third kappa shape index (κ3) is 3.58. The highest BCUT2D eigenvalue weighted by Gasteiger charge is 2.35. The summed E-state index contributed by atoms with van der Waals surface area (Å²) in [5.41, 5.74) is 0.131. The Balaban J connectivity index is 1.58. The second-order valence-electron chi connectivity index (χ2n) is 5.62. The molecule has 1 aromatic heterocycles. The summed E-state index contributed by atoms with van der Waals surface area (Å²) in [4.78, 5) is 29.4. The molecule has 3 rings (SSSR count). The van der Waals surface area contributed by atoms with Crippen molar-refractivity contribution in [1.82, 2.24) is 14.9 Å². The molecule has 0 radical (unpaired) electrons. The van der Waals surface area contributed by atoms with Crippen LogP contribution in [0, 0.1) is 17.6 Å². The molecule has 0 spiro atoms. The van der Waals surface area contributed by atoms with Crippen molar-refractivity contribution in [2.24, 2.45) is 5.92 Å². The predicted octanol–water partition coefficient (Wildman–Crippen LogP) is 1.33. The molecule has 0 aliphatic carbocycles. The van der Waals surface area contributed by atoms with Crippen LogP contribution in [0.1, 0.15) is 6.42 Å². The minimum atomic E-state index is -0.758. The predicted molar refractivity (Wildman–Crippen MR) is 82.1 cm³/mol. The lowest BCUT2D eigenvalue weighted by Crippen LogP contribution is -2.34. The molecule has 1 aromatic carbocycles. The number of carbonyl (C=O) groups is 2. The summed E-state index contributed by atoms with van der Waals surface area (Å²) in [6.07, 6.45) is 5.10. The Morgan fingerprint density at radius 3 is 2.71 bits per heavy atom. The number of rotatable bonds is 5. The van der Waals surface area contributed by atoms with E-state index in [-0.39, 0.29) is 30.5 Å². The number of anilines is 1. The number of amides is 2. The van der Waals surface area contributed by atoms with E-state index >= 15 is 0 Å². The summed E-state index contributed by atoms with van der Waals surface area (Å²) >= 11 is 0. The first-order chi connectivity index (χ1) is 11.5. The van der Waals surface area contributed by atoms with E-state index in [0.717, 1.165) is 18.2 Å². The lowest BCUT2D eigenvalue weighted by Gasteiger charge is -2.17. The largest absolute Gasteiger partial charge is 0.354 e. The van der Waals surface area contributed by atoms with Crippen LogP contribution in [0.3, 0.4) is 0 Å². The van der Waals surface area contributed by atoms with Crippen LogP contribution in [-0.2, 0) is 16.1 Å². The second-order valence-corrected chi connectivity index (χ2v) is 5.62. The average molecular weight is 334 g/mol. The Hall–Kier alpha value is -2.77. The molecule has 126 valence electrons. The van der Waals surface area contributed by atoms with Crippen molar-refractivity contribution < 1.29 is 18.4 Å². The van der Waals surface area contributed by atoms with Gasteiger partial charge in [-0.2, -0.15) is 0 Å². The Kier molecular flexibility index (Phi) is 4.54. The standard InChI is InChI=1S/C16H16F2N4O2/c17-12-6-13(18)8-14(7-12)22-9-11(5-15(22)23)16(24)20-2-4-21-3-1-19-10-21/h1,3,6-8,10-11H,2,4-5,9H2,(H,20,24). The van der Waals surface area contributed by atoms with Gasteiger partial charge in [-0.1, -0.05) is 0 Å². The molecule has 1 N–H and O–H groups in total. The molecule has 2 amide bonds. The number of nitrogens with one attached hydrogen (secondary N) is 1. The number of halogens is 2. The van der Waals surface area contributed by atoms with Crippen molar-refractivity contribution in [3.05, 3.63) is 48.6 Å². The summed E-state index contributed by atoms with van der Waals surface area (Å²) in [7, 11) is 0. The molecule has 1 saturated heterocycles. The molecule has 1 aliphatic rings. The topological polar surface area (TPSA) is 67.2 Å². The van der Waals surface area contributed by atoms with E-state index < -0.39 is 17.6 Å². The first-order valence-corrected chi connectivity index (χ1v) is 7.53. The summed E-state index contributed by atoms with van der Waals surface area (Å²) in [6, 6.07) is 2.91. The molecule has 1 fully saturated rings. The van der Waals surface area contributed by atoms with Gasteiger partial charge in [0, 0.05) is 50.2 Å². The van der Waals surface area contributed by atoms with Crippen molar-refractivity contribution >= 4 is 17.5 Å². The van der Waals surface area contributed by atoms with Crippen LogP contribution in [0.25, 0.3) is 0 Å². The molecular weight excluding hydrogens is 318 g/mol. The SMILES string of the molecule is O=C(NCCn1ccnc1)C1CC(=O)N(c2cc(F)cc(F)c2)C1. The van der Waals surface area contributed by atoms with Crippen LogP contribution in [0.15, 0.2) is 36.9 Å². The number of benzene rings is 1. The van der Waals surface area contributed by atoms with E-state index in [9.17, 15) is 18.4 Å². The van der Waals surface area contributed by atoms with Crippen molar-refractivity contribution in [2.75, 3.05) is 18.0 Å². The minimum Gasteiger partial charge on any atom is -0.354 e. The van der Waals surface area contributed by atoms with Crippen LogP contribution < -0.4 is 10.2 Å². The molecular formula is C16H16F2N4O2. The highest BCUT2D eigenvalue weighted by atomic mass is 19.1. The van der Waals surface area contributed by atoms with Gasteiger partial charge >= 0.3 is 0 Å². The molecule has 0 saturated carbocycles. The van der Waals surface area contributed by atoms with Gasteiger partial charge in [0.2, 0.25) is 11.8 Å². The van der Waals surface area contributed by atoms with Crippen molar-refractivity contribution in [2.45, 2.75) is 13.0 Å². The Morgan fingerprint density at radius 2 is 2.04 bits per heavy atom. The number of carbonyl (C=O) groups excluding carboxylic acids is 2. The second kappa shape index (κ2) is 6.77.